The Bertz CT molecular complexity index is 981. The van der Waals surface area contributed by atoms with Gasteiger partial charge in [0.25, 0.3) is 5.91 Å². The Hall–Kier alpha value is -3.94. The van der Waals surface area contributed by atoms with Crippen LogP contribution in [-0.2, 0) is 42.9 Å². The van der Waals surface area contributed by atoms with Crippen molar-refractivity contribution in [3.05, 3.63) is 18.0 Å². The minimum absolute atomic E-state index is 0.0441. The van der Waals surface area contributed by atoms with Gasteiger partial charge in [-0.05, 0) is 0 Å². The summed E-state index contributed by atoms with van der Waals surface area (Å²) < 4.78 is 31.4. The van der Waals surface area contributed by atoms with Gasteiger partial charge in [0.05, 0.1) is 7.11 Å². The second-order valence-corrected chi connectivity index (χ2v) is 7.31. The van der Waals surface area contributed by atoms with E-state index in [1.54, 1.807) is 0 Å². The molecule has 192 valence electrons. The summed E-state index contributed by atoms with van der Waals surface area (Å²) in [5.41, 5.74) is -0.460. The lowest BCUT2D eigenvalue weighted by Gasteiger charge is -2.44. The summed E-state index contributed by atoms with van der Waals surface area (Å²) in [4.78, 5) is 63.6. The highest BCUT2D eigenvalue weighted by molar-refractivity contribution is 5.95. The minimum atomic E-state index is -1.58. The van der Waals surface area contributed by atoms with Crippen LogP contribution in [0.5, 0.6) is 11.5 Å². The van der Waals surface area contributed by atoms with E-state index >= 15 is 0 Å². The first-order chi connectivity index (χ1) is 16.4. The maximum absolute atomic E-state index is 13.0. The third-order valence-electron chi connectivity index (χ3n) is 4.60. The number of hydrogen-bond acceptors (Lipinski definition) is 13. The summed E-state index contributed by atoms with van der Waals surface area (Å²) in [5.74, 6) is -4.74. The van der Waals surface area contributed by atoms with Crippen molar-refractivity contribution >= 4 is 29.8 Å². The lowest BCUT2D eigenvalue weighted by Crippen LogP contribution is -2.67. The molecule has 1 aromatic rings. The van der Waals surface area contributed by atoms with Gasteiger partial charge in [0.2, 0.25) is 6.29 Å². The SMILES string of the molecule is COc1ccnc(C(=O)N[C@H]2[C@@H](OC(C)=O)O[C@H](COC(C)=O)[C@H](OC(C)=O)[C@@H]2OC(C)=O)c1O. The first kappa shape index (κ1) is 27.3. The van der Waals surface area contributed by atoms with Crippen molar-refractivity contribution in [1.29, 1.82) is 0 Å². The largest absolute Gasteiger partial charge is 0.503 e. The summed E-state index contributed by atoms with van der Waals surface area (Å²) >= 11 is 0. The maximum Gasteiger partial charge on any atom is 0.305 e. The second kappa shape index (κ2) is 12.0. The van der Waals surface area contributed by atoms with Crippen LogP contribution in [0.1, 0.15) is 38.2 Å². The zero-order valence-electron chi connectivity index (χ0n) is 19.6. The lowest BCUT2D eigenvalue weighted by molar-refractivity contribution is -0.270. The van der Waals surface area contributed by atoms with Crippen LogP contribution < -0.4 is 10.1 Å². The summed E-state index contributed by atoms with van der Waals surface area (Å²) in [6, 6.07) is -0.129. The van der Waals surface area contributed by atoms with Gasteiger partial charge in [-0.2, -0.15) is 0 Å². The topological polar surface area (TPSA) is 186 Å². The van der Waals surface area contributed by atoms with Crippen molar-refractivity contribution in [3.8, 4) is 11.5 Å². The molecule has 5 atom stereocenters. The predicted octanol–water partition coefficient (Wildman–Crippen LogP) is -0.391. The fraction of sp³-hybridized carbons (Fsp3) is 0.524. The molecule has 0 unspecified atom stereocenters. The molecule has 14 nitrogen and oxygen atoms in total. The van der Waals surface area contributed by atoms with E-state index in [1.165, 1.54) is 19.4 Å². The fourth-order valence-electron chi connectivity index (χ4n) is 3.31. The normalized spacial score (nSPS) is 23.4. The van der Waals surface area contributed by atoms with Gasteiger partial charge >= 0.3 is 23.9 Å². The third-order valence-corrected chi connectivity index (χ3v) is 4.60. The number of rotatable bonds is 8. The van der Waals surface area contributed by atoms with Crippen LogP contribution in [0.15, 0.2) is 12.3 Å². The van der Waals surface area contributed by atoms with Crippen molar-refractivity contribution in [2.75, 3.05) is 13.7 Å². The molecule has 1 aliphatic heterocycles. The smallest absolute Gasteiger partial charge is 0.305 e. The van der Waals surface area contributed by atoms with E-state index in [4.69, 9.17) is 28.4 Å². The molecule has 0 saturated carbocycles. The van der Waals surface area contributed by atoms with Crippen molar-refractivity contribution in [2.24, 2.45) is 0 Å². The summed E-state index contributed by atoms with van der Waals surface area (Å²) in [6.45, 7) is 3.89. The van der Waals surface area contributed by atoms with Crippen LogP contribution in [0.3, 0.4) is 0 Å². The average molecular weight is 498 g/mol. The molecule has 0 radical (unpaired) electrons. The Morgan fingerprint density at radius 1 is 0.971 bits per heavy atom. The van der Waals surface area contributed by atoms with E-state index < -0.39 is 78.5 Å². The molecule has 1 aromatic heterocycles. The number of nitrogens with one attached hydrogen (secondary N) is 1. The van der Waals surface area contributed by atoms with Crippen LogP contribution in [0.2, 0.25) is 0 Å². The van der Waals surface area contributed by atoms with Gasteiger partial charge in [0, 0.05) is 40.0 Å². The van der Waals surface area contributed by atoms with Crippen LogP contribution in [0.25, 0.3) is 0 Å². The standard InChI is InChI=1S/C21H26N2O12/c1-9(24)31-8-14-18(32-10(2)25)19(33-11(3)26)16(21(35-14)34-12(4)27)23-20(29)15-17(28)13(30-5)6-7-22-15/h6-7,14,16,18-19,21,28H,8H2,1-5H3,(H,23,29)/t14-,16-,18+,19-,21+/m1/s1. The Labute approximate surface area is 199 Å². The van der Waals surface area contributed by atoms with Crippen molar-refractivity contribution in [1.82, 2.24) is 10.3 Å². The molecule has 0 bridgehead atoms. The number of ether oxygens (including phenoxy) is 6. The maximum atomic E-state index is 13.0. The molecule has 1 fully saturated rings. The molecule has 1 saturated heterocycles. The van der Waals surface area contributed by atoms with E-state index in [9.17, 15) is 29.1 Å². The average Bonchev–Trinajstić information content (AvgIpc) is 2.75. The van der Waals surface area contributed by atoms with Gasteiger partial charge in [-0.1, -0.05) is 0 Å². The van der Waals surface area contributed by atoms with E-state index in [-0.39, 0.29) is 5.75 Å². The number of nitrogens with zero attached hydrogens (tertiary/aromatic N) is 1. The number of amides is 1. The second-order valence-electron chi connectivity index (χ2n) is 7.31. The summed E-state index contributed by atoms with van der Waals surface area (Å²) in [5, 5.41) is 12.7. The molecule has 0 aromatic carbocycles. The first-order valence-electron chi connectivity index (χ1n) is 10.3. The highest BCUT2D eigenvalue weighted by Crippen LogP contribution is 2.30. The number of esters is 4. The molecular weight excluding hydrogens is 472 g/mol. The molecule has 2 N–H and O–H groups in total. The molecule has 1 amide bonds. The molecule has 2 rings (SSSR count). The summed E-state index contributed by atoms with van der Waals surface area (Å²) in [7, 11) is 1.27. The number of carbonyl (C=O) groups excluding carboxylic acids is 5. The van der Waals surface area contributed by atoms with Crippen LogP contribution >= 0.6 is 0 Å². The number of pyridine rings is 1. The summed E-state index contributed by atoms with van der Waals surface area (Å²) in [6.07, 6.45) is -4.48. The quantitative estimate of drug-likeness (QED) is 0.349. The number of carbonyl (C=O) groups is 5. The van der Waals surface area contributed by atoms with Gasteiger partial charge in [-0.25, -0.2) is 4.98 Å². The fourth-order valence-corrected chi connectivity index (χ4v) is 3.31. The molecule has 0 spiro atoms. The van der Waals surface area contributed by atoms with Crippen molar-refractivity contribution < 1.29 is 57.5 Å². The van der Waals surface area contributed by atoms with Gasteiger partial charge in [-0.3, -0.25) is 24.0 Å². The van der Waals surface area contributed by atoms with Crippen molar-refractivity contribution in [2.45, 2.75) is 58.3 Å². The molecule has 14 heteroatoms. The zero-order valence-corrected chi connectivity index (χ0v) is 19.6. The Kier molecular flexibility index (Phi) is 9.34. The van der Waals surface area contributed by atoms with Crippen LogP contribution in [-0.4, -0.2) is 84.2 Å². The van der Waals surface area contributed by atoms with E-state index in [2.05, 4.69) is 10.3 Å². The third kappa shape index (κ3) is 7.27. The Morgan fingerprint density at radius 2 is 1.57 bits per heavy atom. The monoisotopic (exact) mass is 498 g/mol. The minimum Gasteiger partial charge on any atom is -0.503 e. The highest BCUT2D eigenvalue weighted by atomic mass is 16.7. The lowest BCUT2D eigenvalue weighted by atomic mass is 9.95. The van der Waals surface area contributed by atoms with E-state index in [1.807, 2.05) is 0 Å². The molecule has 1 aliphatic rings. The van der Waals surface area contributed by atoms with Gasteiger partial charge < -0.3 is 38.8 Å². The molecule has 2 heterocycles. The molecule has 35 heavy (non-hydrogen) atoms. The van der Waals surface area contributed by atoms with Gasteiger partial charge in [-0.15, -0.1) is 0 Å². The number of aromatic hydroxyl groups is 1. The highest BCUT2D eigenvalue weighted by Gasteiger charge is 2.52. The van der Waals surface area contributed by atoms with Crippen LogP contribution in [0.4, 0.5) is 0 Å². The number of methoxy groups -OCH3 is 1. The van der Waals surface area contributed by atoms with E-state index in [0.29, 0.717) is 0 Å². The van der Waals surface area contributed by atoms with E-state index in [0.717, 1.165) is 27.7 Å². The molecule has 0 aliphatic carbocycles. The number of hydrogen-bond donors (Lipinski definition) is 2. The predicted molar refractivity (Wildman–Crippen MR) is 112 cm³/mol. The zero-order chi connectivity index (χ0) is 26.3. The Balaban J connectivity index is 2.50. The number of aromatic nitrogens is 1. The first-order valence-corrected chi connectivity index (χ1v) is 10.3. The van der Waals surface area contributed by atoms with Gasteiger partial charge in [0.15, 0.2) is 29.4 Å². The van der Waals surface area contributed by atoms with Crippen molar-refractivity contribution in [3.63, 3.8) is 0 Å². The Morgan fingerprint density at radius 3 is 2.11 bits per heavy atom. The van der Waals surface area contributed by atoms with Crippen LogP contribution in [0, 0.1) is 0 Å². The van der Waals surface area contributed by atoms with Gasteiger partial charge in [0.1, 0.15) is 18.8 Å². The molecular formula is C21H26N2O12.